The van der Waals surface area contributed by atoms with Gasteiger partial charge < -0.3 is 0 Å². The maximum atomic E-state index is 11.5. The summed E-state index contributed by atoms with van der Waals surface area (Å²) in [6, 6.07) is 1.89. The van der Waals surface area contributed by atoms with E-state index in [0.717, 1.165) is 6.42 Å². The minimum atomic E-state index is -0.235. The van der Waals surface area contributed by atoms with Crippen molar-refractivity contribution in [2.75, 3.05) is 0 Å². The van der Waals surface area contributed by atoms with Crippen LogP contribution in [0.3, 0.4) is 0 Å². The Morgan fingerprint density at radius 1 is 1.50 bits per heavy atom. The monoisotopic (exact) mass is 262 g/mol. The summed E-state index contributed by atoms with van der Waals surface area (Å²) in [5, 5.41) is 16.1. The normalized spacial score (nSPS) is 10.2. The van der Waals surface area contributed by atoms with Crippen LogP contribution in [0.1, 0.15) is 19.0 Å². The van der Waals surface area contributed by atoms with Crippen LogP contribution in [0.5, 0.6) is 0 Å². The van der Waals surface area contributed by atoms with Gasteiger partial charge in [-0.15, -0.1) is 5.10 Å². The van der Waals surface area contributed by atoms with E-state index < -0.39 is 0 Å². The van der Waals surface area contributed by atoms with Gasteiger partial charge >= 0.3 is 5.69 Å². The van der Waals surface area contributed by atoms with Crippen molar-refractivity contribution in [1.82, 2.24) is 24.7 Å². The zero-order valence-electron chi connectivity index (χ0n) is 9.62. The van der Waals surface area contributed by atoms with E-state index in [-0.39, 0.29) is 11.4 Å². The molecule has 0 saturated heterocycles. The molecule has 2 aromatic rings. The van der Waals surface area contributed by atoms with Crippen molar-refractivity contribution in [1.29, 1.82) is 5.26 Å². The summed E-state index contributed by atoms with van der Waals surface area (Å²) in [4.78, 5) is 19.4. The van der Waals surface area contributed by atoms with E-state index in [9.17, 15) is 4.79 Å². The molecule has 2 heterocycles. The average molecular weight is 262 g/mol. The molecule has 0 spiro atoms. The highest BCUT2D eigenvalue weighted by Crippen LogP contribution is 2.22. The number of hydrogen-bond acceptors (Lipinski definition) is 6. The highest BCUT2D eigenvalue weighted by molar-refractivity contribution is 7.99. The van der Waals surface area contributed by atoms with Crippen LogP contribution in [-0.4, -0.2) is 24.7 Å². The van der Waals surface area contributed by atoms with Crippen molar-refractivity contribution in [3.8, 4) is 6.07 Å². The van der Waals surface area contributed by atoms with E-state index in [4.69, 9.17) is 5.26 Å². The molecule has 0 bridgehead atoms. The van der Waals surface area contributed by atoms with Gasteiger partial charge in [0.25, 0.3) is 0 Å². The first kappa shape index (κ1) is 12.3. The number of aromatic amines is 1. The molecule has 2 rings (SSSR count). The highest BCUT2D eigenvalue weighted by atomic mass is 32.2. The molecule has 18 heavy (non-hydrogen) atoms. The maximum absolute atomic E-state index is 11.5. The molecule has 0 aliphatic carbocycles. The summed E-state index contributed by atoms with van der Waals surface area (Å²) in [5.74, 6) is 0. The number of H-pyrrole nitrogens is 1. The van der Waals surface area contributed by atoms with Crippen molar-refractivity contribution in [3.63, 3.8) is 0 Å². The lowest BCUT2D eigenvalue weighted by atomic mass is 10.5. The van der Waals surface area contributed by atoms with Gasteiger partial charge in [-0.05, 0) is 18.2 Å². The van der Waals surface area contributed by atoms with Crippen LogP contribution in [0.25, 0.3) is 0 Å². The molecule has 7 nitrogen and oxygen atoms in total. The van der Waals surface area contributed by atoms with Gasteiger partial charge in [0.15, 0.2) is 10.9 Å². The predicted molar refractivity (Wildman–Crippen MR) is 64.0 cm³/mol. The summed E-state index contributed by atoms with van der Waals surface area (Å²) >= 11 is 1.23. The molecule has 0 aliphatic rings. The standard InChI is InChI=1S/C10H10N6OS/c1-2-3-16-9(17)14-15-10(16)18-8-6-12-7(4-11)5-13-8/h5-6H,2-3H2,1H3,(H,14,17). The second-order valence-corrected chi connectivity index (χ2v) is 4.40. The fourth-order valence-corrected chi connectivity index (χ4v) is 2.10. The highest BCUT2D eigenvalue weighted by Gasteiger charge is 2.10. The van der Waals surface area contributed by atoms with Crippen molar-refractivity contribution in [3.05, 3.63) is 28.6 Å². The van der Waals surface area contributed by atoms with E-state index in [1.54, 1.807) is 4.57 Å². The Kier molecular flexibility index (Phi) is 3.74. The van der Waals surface area contributed by atoms with Crippen LogP contribution in [0.4, 0.5) is 0 Å². The molecule has 0 aliphatic heterocycles. The van der Waals surface area contributed by atoms with Crippen LogP contribution in [-0.2, 0) is 6.54 Å². The zero-order valence-corrected chi connectivity index (χ0v) is 10.4. The molecule has 0 unspecified atom stereocenters. The quantitative estimate of drug-likeness (QED) is 0.874. The van der Waals surface area contributed by atoms with Crippen LogP contribution >= 0.6 is 11.8 Å². The molecular formula is C10H10N6OS. The predicted octanol–water partition coefficient (Wildman–Crippen LogP) is 0.794. The third-order valence-electron chi connectivity index (χ3n) is 2.11. The second-order valence-electron chi connectivity index (χ2n) is 3.42. The van der Waals surface area contributed by atoms with Gasteiger partial charge in [0.05, 0.1) is 12.4 Å². The average Bonchev–Trinajstić information content (AvgIpc) is 2.73. The lowest BCUT2D eigenvalue weighted by Gasteiger charge is -2.02. The number of nitrogens with zero attached hydrogens (tertiary/aromatic N) is 5. The van der Waals surface area contributed by atoms with E-state index >= 15 is 0 Å². The molecule has 92 valence electrons. The molecule has 1 N–H and O–H groups in total. The Morgan fingerprint density at radius 3 is 2.94 bits per heavy atom. The van der Waals surface area contributed by atoms with Crippen LogP contribution < -0.4 is 5.69 Å². The molecule has 0 amide bonds. The number of aromatic nitrogens is 5. The number of hydrogen-bond donors (Lipinski definition) is 1. The molecule has 0 atom stereocenters. The number of nitrogens with one attached hydrogen (secondary N) is 1. The third kappa shape index (κ3) is 2.57. The summed E-state index contributed by atoms with van der Waals surface area (Å²) in [6.07, 6.45) is 3.71. The van der Waals surface area contributed by atoms with Gasteiger partial charge in [0, 0.05) is 6.54 Å². The Labute approximate surface area is 107 Å². The van der Waals surface area contributed by atoms with E-state index in [0.29, 0.717) is 16.7 Å². The fraction of sp³-hybridized carbons (Fsp3) is 0.300. The van der Waals surface area contributed by atoms with Crippen molar-refractivity contribution >= 4 is 11.8 Å². The van der Waals surface area contributed by atoms with E-state index in [1.165, 1.54) is 24.2 Å². The molecule has 0 radical (unpaired) electrons. The molecular weight excluding hydrogens is 252 g/mol. The Morgan fingerprint density at radius 2 is 2.33 bits per heavy atom. The molecule has 8 heteroatoms. The smallest absolute Gasteiger partial charge is 0.270 e. The Balaban J connectivity index is 2.23. The third-order valence-corrected chi connectivity index (χ3v) is 3.02. The Hall–Kier alpha value is -2.14. The van der Waals surface area contributed by atoms with Crippen molar-refractivity contribution in [2.24, 2.45) is 0 Å². The fourth-order valence-electron chi connectivity index (χ4n) is 1.32. The SMILES string of the molecule is CCCn1c(Sc2cnc(C#N)cn2)n[nH]c1=O. The lowest BCUT2D eigenvalue weighted by Crippen LogP contribution is -2.17. The first-order valence-corrected chi connectivity index (χ1v) is 6.11. The lowest BCUT2D eigenvalue weighted by molar-refractivity contribution is 0.603. The van der Waals surface area contributed by atoms with Gasteiger partial charge in [-0.3, -0.25) is 4.57 Å². The Bertz CT molecular complexity index is 623. The minimum Gasteiger partial charge on any atom is -0.270 e. The molecule has 2 aromatic heterocycles. The van der Waals surface area contributed by atoms with Crippen LogP contribution in [0.15, 0.2) is 27.4 Å². The topological polar surface area (TPSA) is 100 Å². The summed E-state index contributed by atoms with van der Waals surface area (Å²) in [6.45, 7) is 2.58. The maximum Gasteiger partial charge on any atom is 0.343 e. The first-order valence-electron chi connectivity index (χ1n) is 5.29. The zero-order chi connectivity index (χ0) is 13.0. The largest absolute Gasteiger partial charge is 0.343 e. The first-order chi connectivity index (χ1) is 8.74. The van der Waals surface area contributed by atoms with Crippen molar-refractivity contribution < 1.29 is 0 Å². The van der Waals surface area contributed by atoms with Gasteiger partial charge in [-0.25, -0.2) is 19.9 Å². The number of nitriles is 1. The van der Waals surface area contributed by atoms with Gasteiger partial charge in [-0.2, -0.15) is 5.26 Å². The molecule has 0 saturated carbocycles. The summed E-state index contributed by atoms with van der Waals surface area (Å²) in [7, 11) is 0. The summed E-state index contributed by atoms with van der Waals surface area (Å²) < 4.78 is 1.55. The van der Waals surface area contributed by atoms with Crippen molar-refractivity contribution in [2.45, 2.75) is 30.1 Å². The molecule has 0 aromatic carbocycles. The minimum absolute atomic E-state index is 0.235. The van der Waals surface area contributed by atoms with E-state index in [1.807, 2.05) is 13.0 Å². The van der Waals surface area contributed by atoms with Crippen LogP contribution in [0, 0.1) is 11.3 Å². The van der Waals surface area contributed by atoms with Crippen LogP contribution in [0.2, 0.25) is 0 Å². The van der Waals surface area contributed by atoms with Gasteiger partial charge in [-0.1, -0.05) is 6.92 Å². The molecule has 0 fully saturated rings. The second kappa shape index (κ2) is 5.46. The van der Waals surface area contributed by atoms with E-state index in [2.05, 4.69) is 20.2 Å². The summed E-state index contributed by atoms with van der Waals surface area (Å²) in [5.41, 5.74) is 0.0216. The van der Waals surface area contributed by atoms with Gasteiger partial charge in [0.1, 0.15) is 11.1 Å². The van der Waals surface area contributed by atoms with Gasteiger partial charge in [0.2, 0.25) is 0 Å². The number of rotatable bonds is 4.